The summed E-state index contributed by atoms with van der Waals surface area (Å²) in [5.41, 5.74) is -0.917. The van der Waals surface area contributed by atoms with Crippen molar-refractivity contribution in [1.29, 1.82) is 0 Å². The zero-order chi connectivity index (χ0) is 7.56. The highest BCUT2D eigenvalue weighted by Crippen LogP contribution is 1.84. The molecule has 5 heteroatoms. The summed E-state index contributed by atoms with van der Waals surface area (Å²) in [6.45, 7) is 0. The molecular formula is C5H3N2O3. The van der Waals surface area contributed by atoms with Gasteiger partial charge in [0, 0.05) is 0 Å². The summed E-state index contributed by atoms with van der Waals surface area (Å²) in [4.78, 5) is 25.6. The van der Waals surface area contributed by atoms with Gasteiger partial charge in [0.2, 0.25) is 0 Å². The van der Waals surface area contributed by atoms with E-state index in [1.54, 1.807) is 0 Å². The zero-order valence-electron chi connectivity index (χ0n) is 4.79. The molecule has 1 aromatic rings. The van der Waals surface area contributed by atoms with E-state index in [1.807, 2.05) is 4.98 Å². The largest absolute Gasteiger partial charge is 0.477 e. The molecule has 0 aliphatic rings. The topological polar surface area (TPSA) is 83.0 Å². The third-order valence-corrected chi connectivity index (χ3v) is 0.847. The summed E-state index contributed by atoms with van der Waals surface area (Å²) in [6.07, 6.45) is 2.14. The van der Waals surface area contributed by atoms with E-state index in [2.05, 4.69) is 11.2 Å². The van der Waals surface area contributed by atoms with Gasteiger partial charge in [-0.25, -0.2) is 9.59 Å². The smallest absolute Gasteiger partial charge is 0.352 e. The van der Waals surface area contributed by atoms with Crippen LogP contribution in [0.15, 0.2) is 10.9 Å². The van der Waals surface area contributed by atoms with Gasteiger partial charge in [0.05, 0.1) is 6.20 Å². The third kappa shape index (κ3) is 1.19. The van der Waals surface area contributed by atoms with Crippen molar-refractivity contribution in [2.75, 3.05) is 0 Å². The number of nitrogens with one attached hydrogen (secondary N) is 1. The van der Waals surface area contributed by atoms with Gasteiger partial charge in [-0.3, -0.25) is 4.98 Å². The molecule has 51 valence electrons. The van der Waals surface area contributed by atoms with Crippen molar-refractivity contribution in [3.63, 3.8) is 0 Å². The highest BCUT2D eigenvalue weighted by Gasteiger charge is 2.00. The third-order valence-electron chi connectivity index (χ3n) is 0.847. The highest BCUT2D eigenvalue weighted by molar-refractivity contribution is 5.84. The molecule has 1 aromatic heterocycles. The number of hydrogen-bond acceptors (Lipinski definition) is 3. The molecule has 1 radical (unpaired) electrons. The minimum Gasteiger partial charge on any atom is -0.477 e. The monoisotopic (exact) mass is 139 g/mol. The number of nitrogens with zero attached hydrogens (tertiary/aromatic N) is 1. The average molecular weight is 139 g/mol. The lowest BCUT2D eigenvalue weighted by Gasteiger charge is -1.88. The predicted molar refractivity (Wildman–Crippen MR) is 30.7 cm³/mol. The summed E-state index contributed by atoms with van der Waals surface area (Å²) in [5.74, 6) is -1.20. The number of carboxylic acid groups (broad SMARTS) is 1. The summed E-state index contributed by atoms with van der Waals surface area (Å²) in [5, 5.41) is 8.29. The maximum absolute atomic E-state index is 10.3. The number of carboxylic acids is 1. The molecule has 1 heterocycles. The van der Waals surface area contributed by atoms with Crippen LogP contribution in [-0.2, 0) is 0 Å². The molecule has 0 fully saturated rings. The van der Waals surface area contributed by atoms with Crippen LogP contribution in [0.1, 0.15) is 10.5 Å². The Morgan fingerprint density at radius 1 is 1.80 bits per heavy atom. The molecule has 0 aliphatic heterocycles. The number of aromatic carboxylic acids is 1. The summed E-state index contributed by atoms with van der Waals surface area (Å²) < 4.78 is 0. The molecule has 0 unspecified atom stereocenters. The predicted octanol–water partition coefficient (Wildman–Crippen LogP) is -0.732. The van der Waals surface area contributed by atoms with Crippen LogP contribution in [0.4, 0.5) is 0 Å². The Hall–Kier alpha value is -1.65. The molecule has 0 bridgehead atoms. The van der Waals surface area contributed by atoms with E-state index in [9.17, 15) is 9.59 Å². The molecular weight excluding hydrogens is 136 g/mol. The van der Waals surface area contributed by atoms with Crippen molar-refractivity contribution >= 4 is 5.97 Å². The van der Waals surface area contributed by atoms with Crippen LogP contribution in [0.3, 0.4) is 0 Å². The van der Waals surface area contributed by atoms with E-state index >= 15 is 0 Å². The van der Waals surface area contributed by atoms with E-state index in [0.717, 1.165) is 6.07 Å². The lowest BCUT2D eigenvalue weighted by atomic mass is 10.4. The second kappa shape index (κ2) is 2.30. The van der Waals surface area contributed by atoms with Gasteiger partial charge < -0.3 is 5.11 Å². The van der Waals surface area contributed by atoms with Crippen LogP contribution in [0.5, 0.6) is 0 Å². The van der Waals surface area contributed by atoms with Crippen molar-refractivity contribution in [2.24, 2.45) is 0 Å². The first-order valence-electron chi connectivity index (χ1n) is 2.41. The zero-order valence-corrected chi connectivity index (χ0v) is 4.79. The fraction of sp³-hybridized carbons (Fsp3) is 0. The first-order valence-corrected chi connectivity index (χ1v) is 2.41. The number of carbonyl (C=O) groups is 1. The number of H-pyrrole nitrogens is 1. The molecule has 0 saturated heterocycles. The molecule has 1 rings (SSSR count). The van der Waals surface area contributed by atoms with Gasteiger partial charge in [0.15, 0.2) is 0 Å². The maximum atomic E-state index is 10.3. The summed E-state index contributed by atoms with van der Waals surface area (Å²) in [6, 6.07) is 1.09. The van der Waals surface area contributed by atoms with Crippen LogP contribution < -0.4 is 5.69 Å². The second-order valence-electron chi connectivity index (χ2n) is 1.53. The SMILES string of the molecule is O=C(O)c1c[c]nc(=O)[nH]1. The van der Waals surface area contributed by atoms with Crippen molar-refractivity contribution < 1.29 is 9.90 Å². The first-order chi connectivity index (χ1) is 4.70. The molecule has 0 aromatic carbocycles. The molecule has 0 aliphatic carbocycles. The fourth-order valence-corrected chi connectivity index (χ4v) is 0.450. The Kier molecular flexibility index (Phi) is 1.49. The Bertz CT molecular complexity index is 304. The lowest BCUT2D eigenvalue weighted by molar-refractivity contribution is 0.0690. The van der Waals surface area contributed by atoms with Crippen LogP contribution >= 0.6 is 0 Å². The number of aromatic amines is 1. The molecule has 0 amide bonds. The Morgan fingerprint density at radius 2 is 2.50 bits per heavy atom. The molecule has 2 N–H and O–H groups in total. The standard InChI is InChI=1S/C5H3N2O3/c8-4(9)3-1-2-6-5(10)7-3/h1H,(H,8,9)(H,6,7,10). The average Bonchev–Trinajstić information content (AvgIpc) is 1.88. The Labute approximate surface area is 55.4 Å². The van der Waals surface area contributed by atoms with Gasteiger partial charge in [-0.15, -0.1) is 0 Å². The molecule has 5 nitrogen and oxygen atoms in total. The van der Waals surface area contributed by atoms with Gasteiger partial charge in [0.25, 0.3) is 0 Å². The molecule has 0 atom stereocenters. The molecule has 0 saturated carbocycles. The van der Waals surface area contributed by atoms with E-state index in [4.69, 9.17) is 5.11 Å². The van der Waals surface area contributed by atoms with Crippen molar-refractivity contribution in [2.45, 2.75) is 0 Å². The Balaban J connectivity index is 3.20. The van der Waals surface area contributed by atoms with Gasteiger partial charge >= 0.3 is 11.7 Å². The molecule has 0 spiro atoms. The van der Waals surface area contributed by atoms with Gasteiger partial charge in [-0.05, 0) is 6.07 Å². The second-order valence-corrected chi connectivity index (χ2v) is 1.53. The van der Waals surface area contributed by atoms with Crippen LogP contribution in [0, 0.1) is 6.20 Å². The van der Waals surface area contributed by atoms with Crippen LogP contribution in [0.2, 0.25) is 0 Å². The summed E-state index contributed by atoms with van der Waals surface area (Å²) >= 11 is 0. The van der Waals surface area contributed by atoms with Crippen molar-refractivity contribution in [3.05, 3.63) is 28.4 Å². The lowest BCUT2D eigenvalue weighted by Crippen LogP contribution is -2.14. The minimum atomic E-state index is -1.20. The number of rotatable bonds is 1. The highest BCUT2D eigenvalue weighted by atomic mass is 16.4. The van der Waals surface area contributed by atoms with Gasteiger partial charge in [0.1, 0.15) is 5.69 Å². The van der Waals surface area contributed by atoms with Gasteiger partial charge in [-0.1, -0.05) is 0 Å². The van der Waals surface area contributed by atoms with Crippen molar-refractivity contribution in [1.82, 2.24) is 9.97 Å². The number of hydrogen-bond donors (Lipinski definition) is 2. The van der Waals surface area contributed by atoms with E-state index in [-0.39, 0.29) is 5.69 Å². The van der Waals surface area contributed by atoms with Crippen LogP contribution in [-0.4, -0.2) is 21.0 Å². The van der Waals surface area contributed by atoms with Gasteiger partial charge in [-0.2, -0.15) is 4.98 Å². The van der Waals surface area contributed by atoms with Crippen molar-refractivity contribution in [3.8, 4) is 0 Å². The Morgan fingerprint density at radius 3 is 2.90 bits per heavy atom. The summed E-state index contributed by atoms with van der Waals surface area (Å²) in [7, 11) is 0. The fourth-order valence-electron chi connectivity index (χ4n) is 0.450. The first kappa shape index (κ1) is 6.47. The molecule has 10 heavy (non-hydrogen) atoms. The minimum absolute atomic E-state index is 0.208. The van der Waals surface area contributed by atoms with Crippen LogP contribution in [0.25, 0.3) is 0 Å². The van der Waals surface area contributed by atoms with E-state index < -0.39 is 11.7 Å². The van der Waals surface area contributed by atoms with E-state index in [1.165, 1.54) is 0 Å². The van der Waals surface area contributed by atoms with E-state index in [0.29, 0.717) is 0 Å². The number of aromatic nitrogens is 2. The maximum Gasteiger partial charge on any atom is 0.352 e. The quantitative estimate of drug-likeness (QED) is 0.537. The normalized spacial score (nSPS) is 9.20.